The van der Waals surface area contributed by atoms with Gasteiger partial charge in [-0.1, -0.05) is 49.8 Å². The van der Waals surface area contributed by atoms with Gasteiger partial charge in [-0.25, -0.2) is 0 Å². The van der Waals surface area contributed by atoms with Crippen molar-refractivity contribution in [2.45, 2.75) is 32.8 Å². The minimum Gasteiger partial charge on any atom is -0.372 e. The van der Waals surface area contributed by atoms with Gasteiger partial charge in [0.05, 0.1) is 13.2 Å². The maximum atomic E-state index is 5.69. The minimum atomic E-state index is 0.665. The summed E-state index contributed by atoms with van der Waals surface area (Å²) < 4.78 is 5.69. The van der Waals surface area contributed by atoms with Crippen molar-refractivity contribution < 1.29 is 4.74 Å². The van der Waals surface area contributed by atoms with Gasteiger partial charge >= 0.3 is 0 Å². The summed E-state index contributed by atoms with van der Waals surface area (Å²) >= 11 is 0. The van der Waals surface area contributed by atoms with Gasteiger partial charge in [0.2, 0.25) is 0 Å². The molecule has 1 aromatic carbocycles. The van der Waals surface area contributed by atoms with Crippen molar-refractivity contribution in [3.8, 4) is 12.3 Å². The molecule has 0 unspecified atom stereocenters. The maximum Gasteiger partial charge on any atom is 0.0721 e. The SMILES string of the molecule is C#CC/C=C(\CCC)COCc1ccccc1. The van der Waals surface area contributed by atoms with Crippen LogP contribution >= 0.6 is 0 Å². The third-order valence-electron chi connectivity index (χ3n) is 2.48. The Balaban J connectivity index is 2.35. The molecule has 0 heterocycles. The lowest BCUT2D eigenvalue weighted by atomic mass is 10.1. The van der Waals surface area contributed by atoms with Gasteiger partial charge in [-0.2, -0.15) is 0 Å². The maximum absolute atomic E-state index is 5.69. The third kappa shape index (κ3) is 5.94. The first-order valence-electron chi connectivity index (χ1n) is 6.09. The second-order valence-electron chi connectivity index (χ2n) is 4.00. The highest BCUT2D eigenvalue weighted by atomic mass is 16.5. The molecule has 0 fully saturated rings. The number of terminal acetylenes is 1. The van der Waals surface area contributed by atoms with E-state index in [2.05, 4.69) is 31.1 Å². The van der Waals surface area contributed by atoms with Crippen LogP contribution in [0.15, 0.2) is 42.0 Å². The van der Waals surface area contributed by atoms with Crippen LogP contribution in [0.3, 0.4) is 0 Å². The van der Waals surface area contributed by atoms with Crippen molar-refractivity contribution in [3.05, 3.63) is 47.5 Å². The molecule has 0 aromatic heterocycles. The summed E-state index contributed by atoms with van der Waals surface area (Å²) in [5, 5.41) is 0. The Bertz CT molecular complexity index is 370. The molecule has 0 radical (unpaired) electrons. The van der Waals surface area contributed by atoms with E-state index >= 15 is 0 Å². The molecule has 0 aliphatic rings. The first-order chi connectivity index (χ1) is 8.36. The van der Waals surface area contributed by atoms with Crippen LogP contribution in [-0.4, -0.2) is 6.61 Å². The fourth-order valence-corrected chi connectivity index (χ4v) is 1.63. The van der Waals surface area contributed by atoms with Gasteiger partial charge in [0.1, 0.15) is 0 Å². The fourth-order valence-electron chi connectivity index (χ4n) is 1.63. The Kier molecular flexibility index (Phi) is 6.86. The highest BCUT2D eigenvalue weighted by Gasteiger charge is 1.97. The summed E-state index contributed by atoms with van der Waals surface area (Å²) in [6.45, 7) is 3.52. The van der Waals surface area contributed by atoms with E-state index in [1.165, 1.54) is 11.1 Å². The number of hydrogen-bond acceptors (Lipinski definition) is 1. The van der Waals surface area contributed by atoms with Gasteiger partial charge in [0.25, 0.3) is 0 Å². The summed E-state index contributed by atoms with van der Waals surface area (Å²) in [5.74, 6) is 2.63. The molecule has 1 heteroatoms. The molecule has 17 heavy (non-hydrogen) atoms. The Morgan fingerprint density at radius 1 is 1.35 bits per heavy atom. The number of ether oxygens (including phenoxy) is 1. The van der Waals surface area contributed by atoms with E-state index in [0.29, 0.717) is 19.6 Å². The van der Waals surface area contributed by atoms with Crippen LogP contribution in [0.5, 0.6) is 0 Å². The molecule has 1 nitrogen and oxygen atoms in total. The largest absolute Gasteiger partial charge is 0.372 e. The molecule has 0 saturated carbocycles. The monoisotopic (exact) mass is 228 g/mol. The summed E-state index contributed by atoms with van der Waals surface area (Å²) in [6.07, 6.45) is 10.3. The van der Waals surface area contributed by atoms with E-state index in [4.69, 9.17) is 11.2 Å². The van der Waals surface area contributed by atoms with Crippen molar-refractivity contribution in [2.75, 3.05) is 6.61 Å². The average Bonchev–Trinajstić information content (AvgIpc) is 2.37. The predicted octanol–water partition coefficient (Wildman–Crippen LogP) is 3.95. The van der Waals surface area contributed by atoms with E-state index in [9.17, 15) is 0 Å². The normalized spacial score (nSPS) is 11.2. The molecule has 0 bridgehead atoms. The Labute approximate surface area is 105 Å². The quantitative estimate of drug-likeness (QED) is 0.507. The van der Waals surface area contributed by atoms with E-state index in [0.717, 1.165) is 12.8 Å². The number of rotatable bonds is 7. The summed E-state index contributed by atoms with van der Waals surface area (Å²) in [6, 6.07) is 10.2. The lowest BCUT2D eigenvalue weighted by molar-refractivity contribution is 0.140. The summed E-state index contributed by atoms with van der Waals surface area (Å²) in [7, 11) is 0. The highest BCUT2D eigenvalue weighted by molar-refractivity contribution is 5.14. The molecule has 0 atom stereocenters. The molecule has 0 amide bonds. The average molecular weight is 228 g/mol. The number of benzene rings is 1. The smallest absolute Gasteiger partial charge is 0.0721 e. The Hall–Kier alpha value is -1.52. The van der Waals surface area contributed by atoms with Gasteiger partial charge in [0, 0.05) is 6.42 Å². The van der Waals surface area contributed by atoms with Crippen LogP contribution in [0.1, 0.15) is 31.7 Å². The molecule has 0 spiro atoms. The van der Waals surface area contributed by atoms with E-state index in [-0.39, 0.29) is 0 Å². The Morgan fingerprint density at radius 2 is 2.12 bits per heavy atom. The summed E-state index contributed by atoms with van der Waals surface area (Å²) in [4.78, 5) is 0. The van der Waals surface area contributed by atoms with Crippen molar-refractivity contribution in [3.63, 3.8) is 0 Å². The van der Waals surface area contributed by atoms with Crippen LogP contribution in [0, 0.1) is 12.3 Å². The van der Waals surface area contributed by atoms with E-state index < -0.39 is 0 Å². The lowest BCUT2D eigenvalue weighted by Gasteiger charge is -2.07. The van der Waals surface area contributed by atoms with Crippen molar-refractivity contribution in [2.24, 2.45) is 0 Å². The third-order valence-corrected chi connectivity index (χ3v) is 2.48. The zero-order chi connectivity index (χ0) is 12.3. The van der Waals surface area contributed by atoms with Crippen LogP contribution < -0.4 is 0 Å². The molecule has 0 N–H and O–H groups in total. The molecule has 0 aliphatic heterocycles. The van der Waals surface area contributed by atoms with Gasteiger partial charge in [-0.3, -0.25) is 0 Å². The fraction of sp³-hybridized carbons (Fsp3) is 0.375. The lowest BCUT2D eigenvalue weighted by Crippen LogP contribution is -1.99. The van der Waals surface area contributed by atoms with E-state index in [1.807, 2.05) is 18.2 Å². The Morgan fingerprint density at radius 3 is 2.76 bits per heavy atom. The molecule has 1 rings (SSSR count). The zero-order valence-corrected chi connectivity index (χ0v) is 10.5. The molecule has 1 aromatic rings. The second kappa shape index (κ2) is 8.61. The van der Waals surface area contributed by atoms with Gasteiger partial charge in [0.15, 0.2) is 0 Å². The van der Waals surface area contributed by atoms with Crippen LogP contribution in [0.4, 0.5) is 0 Å². The molecular formula is C16H20O. The van der Waals surface area contributed by atoms with Crippen molar-refractivity contribution in [1.82, 2.24) is 0 Å². The molecule has 0 saturated heterocycles. The topological polar surface area (TPSA) is 9.23 Å². The van der Waals surface area contributed by atoms with Gasteiger partial charge in [-0.05, 0) is 17.6 Å². The first kappa shape index (κ1) is 13.5. The predicted molar refractivity (Wildman–Crippen MR) is 72.5 cm³/mol. The molecule has 90 valence electrons. The van der Waals surface area contributed by atoms with Crippen molar-refractivity contribution in [1.29, 1.82) is 0 Å². The number of hydrogen-bond donors (Lipinski definition) is 0. The highest BCUT2D eigenvalue weighted by Crippen LogP contribution is 2.08. The standard InChI is InChI=1S/C16H20O/c1-3-5-10-15(9-4-2)13-17-14-16-11-7-6-8-12-16/h1,6-8,10-12H,4-5,9,13-14H2,2H3/b15-10+. The van der Waals surface area contributed by atoms with Crippen LogP contribution in [-0.2, 0) is 11.3 Å². The molecular weight excluding hydrogens is 208 g/mol. The second-order valence-corrected chi connectivity index (χ2v) is 4.00. The van der Waals surface area contributed by atoms with Crippen LogP contribution in [0.25, 0.3) is 0 Å². The van der Waals surface area contributed by atoms with Crippen molar-refractivity contribution >= 4 is 0 Å². The van der Waals surface area contributed by atoms with Gasteiger partial charge in [-0.15, -0.1) is 12.3 Å². The number of allylic oxidation sites excluding steroid dienone is 1. The van der Waals surface area contributed by atoms with E-state index in [1.54, 1.807) is 0 Å². The minimum absolute atomic E-state index is 0.665. The zero-order valence-electron chi connectivity index (χ0n) is 10.5. The van der Waals surface area contributed by atoms with Gasteiger partial charge < -0.3 is 4.74 Å². The summed E-state index contributed by atoms with van der Waals surface area (Å²) in [5.41, 5.74) is 2.52. The van der Waals surface area contributed by atoms with Crippen LogP contribution in [0.2, 0.25) is 0 Å². The molecule has 0 aliphatic carbocycles. The first-order valence-corrected chi connectivity index (χ1v) is 6.09.